The number of halogens is 3. The molecule has 1 aromatic rings. The lowest BCUT2D eigenvalue weighted by molar-refractivity contribution is -0.182. The van der Waals surface area contributed by atoms with E-state index in [9.17, 15) is 18.3 Å². The topological polar surface area (TPSA) is 77.0 Å². The van der Waals surface area contributed by atoms with Gasteiger partial charge in [-0.2, -0.15) is 13.2 Å². The van der Waals surface area contributed by atoms with Gasteiger partial charge in [0, 0.05) is 19.5 Å². The number of rotatable bonds is 2. The maximum absolute atomic E-state index is 12.6. The number of nitrogens with zero attached hydrogens (tertiary/aromatic N) is 3. The highest BCUT2D eigenvalue weighted by atomic mass is 19.4. The van der Waals surface area contributed by atoms with Crippen molar-refractivity contribution in [2.24, 2.45) is 11.7 Å². The standard InChI is InChI=1S/C9H13F3N4O/c10-9(11,12)5-1-2-7-14-15-8(6(17)3-13)16(7)4-5/h5-6,17H,1-4,13H2. The van der Waals surface area contributed by atoms with Crippen molar-refractivity contribution in [3.63, 3.8) is 0 Å². The largest absolute Gasteiger partial charge is 0.393 e. The molecule has 0 aromatic carbocycles. The summed E-state index contributed by atoms with van der Waals surface area (Å²) in [5, 5.41) is 17.0. The smallest absolute Gasteiger partial charge is 0.384 e. The van der Waals surface area contributed by atoms with Crippen molar-refractivity contribution in [3.05, 3.63) is 11.6 Å². The Morgan fingerprint density at radius 2 is 2.18 bits per heavy atom. The number of hydrogen-bond donors (Lipinski definition) is 2. The van der Waals surface area contributed by atoms with Crippen LogP contribution in [0.3, 0.4) is 0 Å². The van der Waals surface area contributed by atoms with E-state index in [2.05, 4.69) is 10.2 Å². The highest BCUT2D eigenvalue weighted by molar-refractivity contribution is 5.03. The minimum atomic E-state index is -4.23. The third-order valence-corrected chi connectivity index (χ3v) is 2.96. The fraction of sp³-hybridized carbons (Fsp3) is 0.778. The van der Waals surface area contributed by atoms with Crippen LogP contribution in [0.15, 0.2) is 0 Å². The van der Waals surface area contributed by atoms with Crippen molar-refractivity contribution in [3.8, 4) is 0 Å². The quantitative estimate of drug-likeness (QED) is 0.796. The molecule has 0 saturated heterocycles. The van der Waals surface area contributed by atoms with Crippen molar-refractivity contribution < 1.29 is 18.3 Å². The third kappa shape index (κ3) is 2.27. The van der Waals surface area contributed by atoms with Gasteiger partial charge < -0.3 is 15.4 Å². The second kappa shape index (κ2) is 4.26. The number of aliphatic hydroxyl groups excluding tert-OH is 1. The molecule has 0 fully saturated rings. The zero-order chi connectivity index (χ0) is 12.6. The molecule has 0 amide bonds. The van der Waals surface area contributed by atoms with Crippen LogP contribution in [0.2, 0.25) is 0 Å². The van der Waals surface area contributed by atoms with E-state index in [1.165, 1.54) is 4.57 Å². The summed E-state index contributed by atoms with van der Waals surface area (Å²) in [4.78, 5) is 0. The van der Waals surface area contributed by atoms with Crippen LogP contribution in [0.1, 0.15) is 24.2 Å². The summed E-state index contributed by atoms with van der Waals surface area (Å²) in [5.41, 5.74) is 5.26. The molecule has 2 heterocycles. The van der Waals surface area contributed by atoms with Gasteiger partial charge in [0.1, 0.15) is 11.9 Å². The number of alkyl halides is 3. The summed E-state index contributed by atoms with van der Waals surface area (Å²) in [5.74, 6) is -0.806. The first-order valence-electron chi connectivity index (χ1n) is 5.30. The van der Waals surface area contributed by atoms with Gasteiger partial charge in [-0.3, -0.25) is 0 Å². The highest BCUT2D eigenvalue weighted by Crippen LogP contribution is 2.34. The van der Waals surface area contributed by atoms with Gasteiger partial charge in [-0.05, 0) is 6.42 Å². The Bertz CT molecular complexity index is 403. The van der Waals surface area contributed by atoms with E-state index in [0.717, 1.165) is 0 Å². The summed E-state index contributed by atoms with van der Waals surface area (Å²) in [6, 6.07) is 0. The van der Waals surface area contributed by atoms with E-state index in [4.69, 9.17) is 5.73 Å². The van der Waals surface area contributed by atoms with Gasteiger partial charge in [0.2, 0.25) is 0 Å². The first-order chi connectivity index (χ1) is 7.93. The van der Waals surface area contributed by atoms with Gasteiger partial charge in [-0.15, -0.1) is 10.2 Å². The van der Waals surface area contributed by atoms with Gasteiger partial charge in [0.05, 0.1) is 5.92 Å². The molecule has 1 aromatic heterocycles. The lowest BCUT2D eigenvalue weighted by Crippen LogP contribution is -2.33. The van der Waals surface area contributed by atoms with E-state index in [-0.39, 0.29) is 31.8 Å². The molecule has 8 heteroatoms. The molecule has 5 nitrogen and oxygen atoms in total. The molecule has 2 rings (SSSR count). The molecule has 0 bridgehead atoms. The molecular formula is C9H13F3N4O. The normalized spacial score (nSPS) is 22.3. The van der Waals surface area contributed by atoms with Crippen LogP contribution in [-0.4, -0.2) is 32.6 Å². The monoisotopic (exact) mass is 250 g/mol. The molecule has 0 saturated carbocycles. The van der Waals surface area contributed by atoms with Gasteiger partial charge >= 0.3 is 6.18 Å². The fourth-order valence-electron chi connectivity index (χ4n) is 1.97. The SMILES string of the molecule is NCC(O)c1nnc2n1CC(C(F)(F)F)CC2. The molecule has 2 unspecified atom stereocenters. The molecule has 1 aliphatic heterocycles. The molecule has 0 spiro atoms. The van der Waals surface area contributed by atoms with E-state index >= 15 is 0 Å². The maximum Gasteiger partial charge on any atom is 0.393 e. The average Bonchev–Trinajstić information content (AvgIpc) is 2.69. The van der Waals surface area contributed by atoms with E-state index < -0.39 is 18.2 Å². The van der Waals surface area contributed by atoms with E-state index in [1.807, 2.05) is 0 Å². The molecule has 1 aliphatic rings. The van der Waals surface area contributed by atoms with Crippen LogP contribution in [0, 0.1) is 5.92 Å². The Kier molecular flexibility index (Phi) is 3.09. The first kappa shape index (κ1) is 12.3. The van der Waals surface area contributed by atoms with Crippen LogP contribution < -0.4 is 5.73 Å². The third-order valence-electron chi connectivity index (χ3n) is 2.96. The number of aromatic nitrogens is 3. The molecule has 0 aliphatic carbocycles. The van der Waals surface area contributed by atoms with E-state index in [1.54, 1.807) is 0 Å². The second-order valence-electron chi connectivity index (χ2n) is 4.11. The summed E-state index contributed by atoms with van der Waals surface area (Å²) >= 11 is 0. The Morgan fingerprint density at radius 1 is 1.47 bits per heavy atom. The average molecular weight is 250 g/mol. The number of hydrogen-bond acceptors (Lipinski definition) is 4. The van der Waals surface area contributed by atoms with Crippen LogP contribution >= 0.6 is 0 Å². The number of aliphatic hydroxyl groups is 1. The van der Waals surface area contributed by atoms with E-state index in [0.29, 0.717) is 5.82 Å². The Hall–Kier alpha value is -1.15. The Balaban J connectivity index is 2.26. The van der Waals surface area contributed by atoms with Crippen LogP contribution in [0.4, 0.5) is 13.2 Å². The van der Waals surface area contributed by atoms with Crippen molar-refractivity contribution >= 4 is 0 Å². The van der Waals surface area contributed by atoms with Crippen LogP contribution in [0.5, 0.6) is 0 Å². The molecule has 96 valence electrons. The molecule has 0 radical (unpaired) electrons. The maximum atomic E-state index is 12.6. The molecule has 17 heavy (non-hydrogen) atoms. The van der Waals surface area contributed by atoms with Crippen LogP contribution in [-0.2, 0) is 13.0 Å². The molecule has 2 atom stereocenters. The van der Waals surface area contributed by atoms with Crippen molar-refractivity contribution in [1.82, 2.24) is 14.8 Å². The number of aryl methyl sites for hydroxylation is 1. The second-order valence-corrected chi connectivity index (χ2v) is 4.11. The summed E-state index contributed by atoms with van der Waals surface area (Å²) < 4.78 is 39.2. The Labute approximate surface area is 95.4 Å². The van der Waals surface area contributed by atoms with Gasteiger partial charge in [-0.25, -0.2) is 0 Å². The number of fused-ring (bicyclic) bond motifs is 1. The zero-order valence-corrected chi connectivity index (χ0v) is 8.98. The lowest BCUT2D eigenvalue weighted by Gasteiger charge is -2.26. The van der Waals surface area contributed by atoms with Crippen LogP contribution in [0.25, 0.3) is 0 Å². The fourth-order valence-corrected chi connectivity index (χ4v) is 1.97. The zero-order valence-electron chi connectivity index (χ0n) is 8.98. The number of nitrogens with two attached hydrogens (primary N) is 1. The Morgan fingerprint density at radius 3 is 2.76 bits per heavy atom. The lowest BCUT2D eigenvalue weighted by atomic mass is 9.98. The van der Waals surface area contributed by atoms with Crippen molar-refractivity contribution in [2.45, 2.75) is 31.7 Å². The molecule has 3 N–H and O–H groups in total. The first-order valence-corrected chi connectivity index (χ1v) is 5.30. The summed E-state index contributed by atoms with van der Waals surface area (Å²) in [6.45, 7) is -0.326. The van der Waals surface area contributed by atoms with Crippen molar-refractivity contribution in [1.29, 1.82) is 0 Å². The van der Waals surface area contributed by atoms with Gasteiger partial charge in [0.15, 0.2) is 5.82 Å². The summed E-state index contributed by atoms with van der Waals surface area (Å²) in [6.07, 6.45) is -5.06. The van der Waals surface area contributed by atoms with Crippen molar-refractivity contribution in [2.75, 3.05) is 6.54 Å². The molecular weight excluding hydrogens is 237 g/mol. The predicted octanol–water partition coefficient (Wildman–Crippen LogP) is 0.395. The predicted molar refractivity (Wildman–Crippen MR) is 51.9 cm³/mol. The highest BCUT2D eigenvalue weighted by Gasteiger charge is 2.42. The minimum absolute atomic E-state index is 0.0142. The van der Waals surface area contributed by atoms with Gasteiger partial charge in [-0.1, -0.05) is 0 Å². The van der Waals surface area contributed by atoms with Gasteiger partial charge in [0.25, 0.3) is 0 Å². The minimum Gasteiger partial charge on any atom is -0.384 e. The summed E-state index contributed by atoms with van der Waals surface area (Å²) in [7, 11) is 0.